The van der Waals surface area contributed by atoms with Gasteiger partial charge in [-0.15, -0.1) is 0 Å². The molecule has 0 aliphatic carbocycles. The number of nitrogens with zero attached hydrogens (tertiary/aromatic N) is 1. The Morgan fingerprint density at radius 2 is 1.83 bits per heavy atom. The van der Waals surface area contributed by atoms with E-state index >= 15 is 0 Å². The third-order valence-electron chi connectivity index (χ3n) is 6.13. The van der Waals surface area contributed by atoms with Crippen LogP contribution in [-0.4, -0.2) is 30.1 Å². The van der Waals surface area contributed by atoms with Crippen LogP contribution in [0.1, 0.15) is 53.2 Å². The molecule has 1 unspecified atom stereocenters. The monoisotopic (exact) mass is 516 g/mol. The third kappa shape index (κ3) is 5.70. The van der Waals surface area contributed by atoms with Gasteiger partial charge in [0, 0.05) is 29.0 Å². The summed E-state index contributed by atoms with van der Waals surface area (Å²) in [4.78, 5) is 30.5. The zero-order chi connectivity index (χ0) is 26.1. The zero-order valence-corrected chi connectivity index (χ0v) is 20.5. The van der Waals surface area contributed by atoms with Gasteiger partial charge in [-0.05, 0) is 53.9 Å². The van der Waals surface area contributed by atoms with Crippen LogP contribution in [-0.2, 0) is 15.2 Å². The van der Waals surface area contributed by atoms with Crippen molar-refractivity contribution < 1.29 is 27.6 Å². The van der Waals surface area contributed by atoms with Crippen molar-refractivity contribution in [1.29, 1.82) is 0 Å². The second-order valence-electron chi connectivity index (χ2n) is 9.10. The van der Waals surface area contributed by atoms with E-state index in [-0.39, 0.29) is 0 Å². The molecule has 0 saturated carbocycles. The average molecular weight is 517 g/mol. The molecule has 3 aromatic rings. The topological polar surface area (TPSA) is 67.8 Å². The molecule has 1 aliphatic heterocycles. The molecule has 0 saturated heterocycles. The van der Waals surface area contributed by atoms with Gasteiger partial charge >= 0.3 is 6.18 Å². The first-order valence-corrected chi connectivity index (χ1v) is 11.7. The highest BCUT2D eigenvalue weighted by atomic mass is 35.5. The van der Waals surface area contributed by atoms with Crippen LogP contribution in [0, 0.1) is 6.92 Å². The van der Waals surface area contributed by atoms with Gasteiger partial charge in [0.15, 0.2) is 11.4 Å². The summed E-state index contributed by atoms with van der Waals surface area (Å²) in [5.74, 6) is -1.23. The van der Waals surface area contributed by atoms with Crippen LogP contribution in [0.15, 0.2) is 59.8 Å². The molecule has 0 bridgehead atoms. The van der Waals surface area contributed by atoms with Gasteiger partial charge in [0.05, 0.1) is 18.7 Å². The van der Waals surface area contributed by atoms with E-state index in [0.29, 0.717) is 28.1 Å². The fraction of sp³-hybridized carbons (Fsp3) is 0.296. The largest absolute Gasteiger partial charge is 0.389 e. The van der Waals surface area contributed by atoms with Crippen molar-refractivity contribution in [1.82, 2.24) is 5.32 Å². The summed E-state index contributed by atoms with van der Waals surface area (Å²) in [7, 11) is 0. The fourth-order valence-corrected chi connectivity index (χ4v) is 4.56. The lowest BCUT2D eigenvalue weighted by atomic mass is 9.86. The van der Waals surface area contributed by atoms with Crippen LogP contribution in [0.2, 0.25) is 5.02 Å². The van der Waals surface area contributed by atoms with Gasteiger partial charge in [0.25, 0.3) is 5.91 Å². The van der Waals surface area contributed by atoms with E-state index in [9.17, 15) is 22.8 Å². The maximum atomic E-state index is 12.8. The number of halogens is 4. The molecule has 4 rings (SSSR count). The quantitative estimate of drug-likeness (QED) is 0.390. The lowest BCUT2D eigenvalue weighted by Crippen LogP contribution is -2.30. The van der Waals surface area contributed by atoms with Gasteiger partial charge in [-0.1, -0.05) is 53.2 Å². The van der Waals surface area contributed by atoms with Gasteiger partial charge in [-0.3, -0.25) is 9.59 Å². The van der Waals surface area contributed by atoms with E-state index in [4.69, 9.17) is 16.4 Å². The van der Waals surface area contributed by atoms with Gasteiger partial charge in [-0.2, -0.15) is 13.2 Å². The van der Waals surface area contributed by atoms with Crippen LogP contribution in [0.4, 0.5) is 13.2 Å². The molecular formula is C27H24ClF3N2O3. The van der Waals surface area contributed by atoms with Crippen LogP contribution in [0.3, 0.4) is 0 Å². The number of aryl methyl sites for hydroxylation is 1. The Morgan fingerprint density at radius 3 is 2.53 bits per heavy atom. The van der Waals surface area contributed by atoms with E-state index < -0.39 is 42.9 Å². The first-order valence-electron chi connectivity index (χ1n) is 11.4. The number of fused-ring (bicyclic) bond motifs is 1. The van der Waals surface area contributed by atoms with Gasteiger partial charge in [0.2, 0.25) is 0 Å². The summed E-state index contributed by atoms with van der Waals surface area (Å²) in [5, 5.41) is 8.80. The van der Waals surface area contributed by atoms with Crippen molar-refractivity contribution in [2.75, 3.05) is 6.54 Å². The normalized spacial score (nSPS) is 17.6. The Bertz CT molecular complexity index is 1350. The van der Waals surface area contributed by atoms with E-state index in [1.165, 1.54) is 0 Å². The molecule has 5 nitrogen and oxygen atoms in total. The second-order valence-corrected chi connectivity index (χ2v) is 9.53. The van der Waals surface area contributed by atoms with Crippen LogP contribution in [0.5, 0.6) is 0 Å². The minimum Gasteiger partial charge on any atom is -0.384 e. The molecule has 1 atom stereocenters. The summed E-state index contributed by atoms with van der Waals surface area (Å²) in [6.07, 6.45) is -5.82. The number of hydrogen-bond donors (Lipinski definition) is 1. The SMILES string of the molecule is Cc1cc(Cl)cc(C2(C)CC(c3ccc(C(=O)NCC(=O)CCC(F)(F)F)c4ccccc34)=NO2)c1. The van der Waals surface area contributed by atoms with E-state index in [2.05, 4.69) is 10.5 Å². The van der Waals surface area contributed by atoms with Crippen LogP contribution in [0.25, 0.3) is 10.8 Å². The summed E-state index contributed by atoms with van der Waals surface area (Å²) in [6, 6.07) is 16.4. The molecule has 1 N–H and O–H groups in total. The highest BCUT2D eigenvalue weighted by Crippen LogP contribution is 2.39. The molecule has 3 aromatic carbocycles. The molecule has 0 radical (unpaired) electrons. The van der Waals surface area contributed by atoms with Gasteiger partial charge < -0.3 is 10.2 Å². The predicted octanol–water partition coefficient (Wildman–Crippen LogP) is 6.48. The van der Waals surface area contributed by atoms with Crippen molar-refractivity contribution in [3.63, 3.8) is 0 Å². The van der Waals surface area contributed by atoms with Crippen LogP contribution >= 0.6 is 11.6 Å². The number of benzene rings is 3. The number of Topliss-reactive ketones (excluding diaryl/α,β-unsaturated/α-hetero) is 1. The molecule has 9 heteroatoms. The molecule has 1 heterocycles. The van der Waals surface area contributed by atoms with Crippen LogP contribution < -0.4 is 5.32 Å². The average Bonchev–Trinajstić information content (AvgIpc) is 3.22. The highest BCUT2D eigenvalue weighted by molar-refractivity contribution is 6.30. The first-order chi connectivity index (χ1) is 16.9. The van der Waals surface area contributed by atoms with Crippen molar-refractivity contribution in [3.05, 3.63) is 81.9 Å². The Kier molecular flexibility index (Phi) is 7.09. The Morgan fingerprint density at radius 1 is 1.11 bits per heavy atom. The van der Waals surface area contributed by atoms with Gasteiger partial charge in [-0.25, -0.2) is 0 Å². The third-order valence-corrected chi connectivity index (χ3v) is 6.35. The molecule has 188 valence electrons. The molecule has 1 aliphatic rings. The zero-order valence-electron chi connectivity index (χ0n) is 19.7. The highest BCUT2D eigenvalue weighted by Gasteiger charge is 2.37. The lowest BCUT2D eigenvalue weighted by Gasteiger charge is -2.22. The Labute approximate surface area is 211 Å². The lowest BCUT2D eigenvalue weighted by molar-refractivity contribution is -0.142. The maximum Gasteiger partial charge on any atom is 0.389 e. The summed E-state index contributed by atoms with van der Waals surface area (Å²) in [5.41, 5.74) is 3.02. The number of carbonyl (C=O) groups is 2. The van der Waals surface area contributed by atoms with E-state index in [1.54, 1.807) is 24.3 Å². The molecule has 36 heavy (non-hydrogen) atoms. The first kappa shape index (κ1) is 25.7. The molecule has 1 amide bonds. The van der Waals surface area contributed by atoms with E-state index in [1.807, 2.05) is 44.2 Å². The summed E-state index contributed by atoms with van der Waals surface area (Å²) >= 11 is 6.25. The molecule has 0 fully saturated rings. The summed E-state index contributed by atoms with van der Waals surface area (Å²) in [6.45, 7) is 3.42. The van der Waals surface area contributed by atoms with E-state index in [0.717, 1.165) is 22.1 Å². The van der Waals surface area contributed by atoms with Crippen molar-refractivity contribution in [2.24, 2.45) is 5.16 Å². The number of hydrogen-bond acceptors (Lipinski definition) is 4. The smallest absolute Gasteiger partial charge is 0.384 e. The minimum atomic E-state index is -4.42. The minimum absolute atomic E-state index is 0.311. The number of nitrogens with one attached hydrogen (secondary N) is 1. The predicted molar refractivity (Wildman–Crippen MR) is 132 cm³/mol. The maximum absolute atomic E-state index is 12.8. The number of amides is 1. The second kappa shape index (κ2) is 9.93. The molecular weight excluding hydrogens is 493 g/mol. The molecule has 0 spiro atoms. The van der Waals surface area contributed by atoms with Crippen molar-refractivity contribution >= 4 is 39.8 Å². The number of oxime groups is 1. The van der Waals surface area contributed by atoms with Crippen molar-refractivity contribution in [2.45, 2.75) is 44.9 Å². The fourth-order valence-electron chi connectivity index (χ4n) is 4.27. The molecule has 0 aromatic heterocycles. The number of alkyl halides is 3. The number of carbonyl (C=O) groups excluding carboxylic acids is 2. The standard InChI is InChI=1S/C27H24ClF3N2O3/c1-16-11-17(13-18(28)12-16)26(2)14-24(33-36-26)22-7-8-23(21-6-4-3-5-20(21)22)25(35)32-15-19(34)9-10-27(29,30)31/h3-8,11-13H,9-10,14-15H2,1-2H3,(H,32,35). The number of ketones is 1. The number of rotatable bonds is 7. The summed E-state index contributed by atoms with van der Waals surface area (Å²) < 4.78 is 37.0. The van der Waals surface area contributed by atoms with Gasteiger partial charge in [0.1, 0.15) is 0 Å². The van der Waals surface area contributed by atoms with Crippen molar-refractivity contribution in [3.8, 4) is 0 Å². The Balaban J connectivity index is 1.55. The Hall–Kier alpha value is -3.39.